The molecule has 13 nitrogen and oxygen atoms in total. The summed E-state index contributed by atoms with van der Waals surface area (Å²) in [5, 5.41) is 25.9. The van der Waals surface area contributed by atoms with E-state index in [2.05, 4.69) is 64.5 Å². The van der Waals surface area contributed by atoms with Crippen LogP contribution < -0.4 is 15.1 Å². The zero-order chi connectivity index (χ0) is 39.5. The fraction of sp³-hybridized carbons (Fsp3) is 0.500. The smallest absolute Gasteiger partial charge is 0.234 e. The predicted molar refractivity (Wildman–Crippen MR) is 219 cm³/mol. The first-order valence-corrected chi connectivity index (χ1v) is 20.7. The van der Waals surface area contributed by atoms with Crippen LogP contribution in [0, 0.1) is 5.92 Å². The zero-order valence-electron chi connectivity index (χ0n) is 33.2. The van der Waals surface area contributed by atoms with Gasteiger partial charge in [0.1, 0.15) is 5.75 Å². The average Bonchev–Trinajstić information content (AvgIpc) is 3.69. The molecular formula is C44H55N9O4. The van der Waals surface area contributed by atoms with Gasteiger partial charge in [-0.2, -0.15) is 15.3 Å². The number of para-hydroxylation sites is 1. The second-order valence-corrected chi connectivity index (χ2v) is 16.5. The molecule has 8 rings (SSSR count). The molecule has 0 spiro atoms. The highest BCUT2D eigenvalue weighted by Gasteiger charge is 2.47. The lowest BCUT2D eigenvalue weighted by atomic mass is 9.73. The van der Waals surface area contributed by atoms with Crippen molar-refractivity contribution in [1.29, 1.82) is 0 Å². The molecule has 6 heterocycles. The number of aromatic nitrogens is 4. The number of piperidine rings is 4. The number of imide groups is 1. The maximum absolute atomic E-state index is 14.7. The van der Waals surface area contributed by atoms with Gasteiger partial charge in [-0.15, -0.1) is 0 Å². The number of amides is 3. The molecule has 0 saturated carbocycles. The molecule has 3 amide bonds. The van der Waals surface area contributed by atoms with Gasteiger partial charge in [-0.1, -0.05) is 24.3 Å². The first kappa shape index (κ1) is 38.6. The Morgan fingerprint density at radius 2 is 1.61 bits per heavy atom. The molecular weight excluding hydrogens is 719 g/mol. The molecule has 0 radical (unpaired) electrons. The van der Waals surface area contributed by atoms with Crippen LogP contribution in [0.5, 0.6) is 5.75 Å². The van der Waals surface area contributed by atoms with Gasteiger partial charge in [-0.25, -0.2) is 0 Å². The molecule has 0 aliphatic carbocycles. The van der Waals surface area contributed by atoms with E-state index in [4.69, 9.17) is 0 Å². The number of phenolic OH excluding ortho intramolecular Hbond substituents is 1. The Kier molecular flexibility index (Phi) is 11.3. The number of phenols is 1. The van der Waals surface area contributed by atoms with Crippen molar-refractivity contribution in [1.82, 2.24) is 35.1 Å². The molecule has 1 atom stereocenters. The highest BCUT2D eigenvalue weighted by Crippen LogP contribution is 2.40. The maximum atomic E-state index is 14.7. The van der Waals surface area contributed by atoms with Crippen LogP contribution in [0.1, 0.15) is 75.0 Å². The lowest BCUT2D eigenvalue weighted by Crippen LogP contribution is -2.56. The minimum Gasteiger partial charge on any atom is -0.507 e. The fourth-order valence-corrected chi connectivity index (χ4v) is 9.73. The van der Waals surface area contributed by atoms with E-state index in [1.54, 1.807) is 24.5 Å². The van der Waals surface area contributed by atoms with Crippen molar-refractivity contribution in [2.45, 2.75) is 75.2 Å². The van der Waals surface area contributed by atoms with Crippen molar-refractivity contribution in [3.63, 3.8) is 0 Å². The normalized spacial score (nSPS) is 21.1. The third kappa shape index (κ3) is 8.12. The Morgan fingerprint density at radius 1 is 0.895 bits per heavy atom. The Bertz CT molecular complexity index is 2040. The van der Waals surface area contributed by atoms with Gasteiger partial charge in [0.05, 0.1) is 34.6 Å². The van der Waals surface area contributed by atoms with E-state index in [1.807, 2.05) is 43.0 Å². The number of carbonyl (C=O) groups is 3. The number of aryl methyl sites for hydroxylation is 1. The number of nitrogens with one attached hydrogen (secondary N) is 1. The molecule has 0 bridgehead atoms. The van der Waals surface area contributed by atoms with Crippen molar-refractivity contribution in [3.05, 3.63) is 84.3 Å². The molecule has 4 aliphatic heterocycles. The predicted octanol–water partition coefficient (Wildman–Crippen LogP) is 4.87. The van der Waals surface area contributed by atoms with Gasteiger partial charge in [0.15, 0.2) is 0 Å². The summed E-state index contributed by atoms with van der Waals surface area (Å²) in [5.41, 5.74) is 4.67. The van der Waals surface area contributed by atoms with E-state index in [9.17, 15) is 19.5 Å². The first-order chi connectivity index (χ1) is 27.7. The Balaban J connectivity index is 0.820. The van der Waals surface area contributed by atoms with Crippen molar-refractivity contribution >= 4 is 29.1 Å². The SMILES string of the molecule is CN(C(=O)C1(c2ccnn2C)CCN(c2cnnc(-c3ccccc3O)c2)CC1)C1CCN(CCC2CCN(c3ccc([C@H]4CCC(=O)NC4=O)cc3)CC2)CC1. The summed E-state index contributed by atoms with van der Waals surface area (Å²) in [6.07, 6.45) is 11.3. The van der Waals surface area contributed by atoms with Gasteiger partial charge < -0.3 is 24.7 Å². The molecule has 4 aliphatic rings. The number of likely N-dealkylation sites (tertiary alicyclic amines) is 1. The van der Waals surface area contributed by atoms with Crippen molar-refractivity contribution < 1.29 is 19.5 Å². The van der Waals surface area contributed by atoms with Gasteiger partial charge in [-0.3, -0.25) is 24.4 Å². The zero-order valence-corrected chi connectivity index (χ0v) is 33.2. The van der Waals surface area contributed by atoms with E-state index in [0.29, 0.717) is 55.9 Å². The number of benzene rings is 2. The molecule has 2 aromatic heterocycles. The molecule has 0 unspecified atom stereocenters. The average molecular weight is 774 g/mol. The quantitative estimate of drug-likeness (QED) is 0.215. The van der Waals surface area contributed by atoms with Gasteiger partial charge >= 0.3 is 0 Å². The van der Waals surface area contributed by atoms with Crippen molar-refractivity contribution in [2.24, 2.45) is 13.0 Å². The standard InChI is InChI=1S/C44H55N9O4/c1-49(43(57)44(40-13-21-46-50(40)2)19-27-53(28-20-44)35-29-38(48-45-30-35)37-5-3-4-6-39(37)54)33-17-23-51(24-18-33)22-14-31-15-25-52(26-16-31)34-9-7-32(8-10-34)36-11-12-41(55)47-42(36)56/h3-10,13,21,29-31,33,36,54H,11-12,14-20,22-28H2,1-2H3,(H,47,55,56)/t36-/m1/s1. The molecule has 4 fully saturated rings. The number of anilines is 2. The molecule has 4 saturated heterocycles. The van der Waals surface area contributed by atoms with E-state index < -0.39 is 5.41 Å². The third-order valence-corrected chi connectivity index (χ3v) is 13.3. The summed E-state index contributed by atoms with van der Waals surface area (Å²) in [6, 6.07) is 19.7. The van der Waals surface area contributed by atoms with E-state index >= 15 is 0 Å². The van der Waals surface area contributed by atoms with Crippen LogP contribution in [-0.2, 0) is 26.8 Å². The number of likely N-dealkylation sites (N-methyl/N-ethyl adjacent to an activating group) is 1. The monoisotopic (exact) mass is 773 g/mol. The number of rotatable bonds is 10. The summed E-state index contributed by atoms with van der Waals surface area (Å²) in [6.45, 7) is 6.54. The Hall–Kier alpha value is -5.30. The van der Waals surface area contributed by atoms with Crippen molar-refractivity contribution in [3.8, 4) is 17.0 Å². The summed E-state index contributed by atoms with van der Waals surface area (Å²) in [7, 11) is 3.95. The van der Waals surface area contributed by atoms with Crippen LogP contribution in [0.3, 0.4) is 0 Å². The van der Waals surface area contributed by atoms with Gasteiger partial charge in [0.25, 0.3) is 0 Å². The van der Waals surface area contributed by atoms with Crippen LogP contribution >= 0.6 is 0 Å². The maximum Gasteiger partial charge on any atom is 0.234 e. The van der Waals surface area contributed by atoms with Crippen LogP contribution in [-0.4, -0.2) is 112 Å². The minimum atomic E-state index is -0.668. The molecule has 2 aromatic carbocycles. The lowest BCUT2D eigenvalue weighted by Gasteiger charge is -2.45. The second kappa shape index (κ2) is 16.7. The summed E-state index contributed by atoms with van der Waals surface area (Å²) in [5.74, 6) is 0.448. The number of hydrogen-bond acceptors (Lipinski definition) is 10. The van der Waals surface area contributed by atoms with E-state index in [-0.39, 0.29) is 35.4 Å². The van der Waals surface area contributed by atoms with E-state index in [0.717, 1.165) is 62.5 Å². The highest BCUT2D eigenvalue weighted by atomic mass is 16.3. The second-order valence-electron chi connectivity index (χ2n) is 16.5. The van der Waals surface area contributed by atoms with Crippen LogP contribution in [0.2, 0.25) is 0 Å². The number of aromatic hydroxyl groups is 1. The van der Waals surface area contributed by atoms with Crippen molar-refractivity contribution in [2.75, 3.05) is 62.7 Å². The number of nitrogens with zero attached hydrogens (tertiary/aromatic N) is 8. The molecule has 13 heteroatoms. The summed E-state index contributed by atoms with van der Waals surface area (Å²) < 4.78 is 1.87. The molecule has 300 valence electrons. The molecule has 2 N–H and O–H groups in total. The first-order valence-electron chi connectivity index (χ1n) is 20.7. The highest BCUT2D eigenvalue weighted by molar-refractivity contribution is 6.01. The van der Waals surface area contributed by atoms with Gasteiger partial charge in [-0.05, 0) is 106 Å². The third-order valence-electron chi connectivity index (χ3n) is 13.3. The summed E-state index contributed by atoms with van der Waals surface area (Å²) in [4.78, 5) is 48.0. The van der Waals surface area contributed by atoms with Crippen LogP contribution in [0.4, 0.5) is 11.4 Å². The van der Waals surface area contributed by atoms with E-state index in [1.165, 1.54) is 24.9 Å². The van der Waals surface area contributed by atoms with Gasteiger partial charge in [0.2, 0.25) is 17.7 Å². The fourth-order valence-electron chi connectivity index (χ4n) is 9.73. The Morgan fingerprint density at radius 3 is 2.30 bits per heavy atom. The van der Waals surface area contributed by atoms with Crippen LogP contribution in [0.15, 0.2) is 73.1 Å². The molecule has 57 heavy (non-hydrogen) atoms. The largest absolute Gasteiger partial charge is 0.507 e. The topological polar surface area (TPSA) is 140 Å². The molecule has 4 aromatic rings. The Labute approximate surface area is 335 Å². The number of carbonyl (C=O) groups excluding carboxylic acids is 3. The van der Waals surface area contributed by atoms with Crippen LogP contribution in [0.25, 0.3) is 11.3 Å². The minimum absolute atomic E-state index is 0.170. The lowest BCUT2D eigenvalue weighted by molar-refractivity contribution is -0.140. The van der Waals surface area contributed by atoms with Gasteiger partial charge in [0, 0.05) is 83.3 Å². The summed E-state index contributed by atoms with van der Waals surface area (Å²) >= 11 is 0. The number of hydrogen-bond donors (Lipinski definition) is 2.